The van der Waals surface area contributed by atoms with Gasteiger partial charge in [0.25, 0.3) is 0 Å². The summed E-state index contributed by atoms with van der Waals surface area (Å²) in [6.45, 7) is 0.745. The number of anilines is 3. The standard InChI is InChI=1S/C20H19ClN4O/c21-16-6-4-5-15(13-16)11-12-22-19-10-9-18(14-23-19)25-20(26)24-17-7-2-1-3-8-17/h1-10,13-14H,11-12H2,(H,22,23)(H2,24,25,26). The van der Waals surface area contributed by atoms with Gasteiger partial charge < -0.3 is 16.0 Å². The molecule has 0 fully saturated rings. The summed E-state index contributed by atoms with van der Waals surface area (Å²) in [6.07, 6.45) is 2.47. The molecule has 3 N–H and O–H groups in total. The predicted molar refractivity (Wildman–Crippen MR) is 107 cm³/mol. The fraction of sp³-hybridized carbons (Fsp3) is 0.100. The lowest BCUT2D eigenvalue weighted by Gasteiger charge is -2.09. The summed E-state index contributed by atoms with van der Waals surface area (Å²) in [5.41, 5.74) is 2.52. The Balaban J connectivity index is 1.46. The third-order valence-electron chi connectivity index (χ3n) is 3.66. The number of urea groups is 1. The van der Waals surface area contributed by atoms with E-state index in [1.807, 2.05) is 60.7 Å². The number of hydrogen-bond acceptors (Lipinski definition) is 3. The Kier molecular flexibility index (Phi) is 6.06. The monoisotopic (exact) mass is 366 g/mol. The highest BCUT2D eigenvalue weighted by Crippen LogP contribution is 2.13. The van der Waals surface area contributed by atoms with Crippen molar-refractivity contribution in [2.24, 2.45) is 0 Å². The largest absolute Gasteiger partial charge is 0.370 e. The molecule has 0 saturated carbocycles. The first kappa shape index (κ1) is 17.8. The van der Waals surface area contributed by atoms with Crippen LogP contribution in [0.4, 0.5) is 22.0 Å². The van der Waals surface area contributed by atoms with E-state index in [1.54, 1.807) is 12.3 Å². The number of carbonyl (C=O) groups is 1. The number of amides is 2. The molecule has 0 radical (unpaired) electrons. The number of carbonyl (C=O) groups excluding carboxylic acids is 1. The molecule has 132 valence electrons. The molecule has 5 nitrogen and oxygen atoms in total. The van der Waals surface area contributed by atoms with Crippen molar-refractivity contribution in [1.29, 1.82) is 0 Å². The summed E-state index contributed by atoms with van der Waals surface area (Å²) in [5, 5.41) is 9.50. The van der Waals surface area contributed by atoms with E-state index in [4.69, 9.17) is 11.6 Å². The van der Waals surface area contributed by atoms with Crippen LogP contribution in [0.2, 0.25) is 5.02 Å². The molecule has 0 aliphatic heterocycles. The van der Waals surface area contributed by atoms with Gasteiger partial charge in [-0.3, -0.25) is 0 Å². The molecule has 3 aromatic rings. The number of aromatic nitrogens is 1. The quantitative estimate of drug-likeness (QED) is 0.573. The zero-order valence-electron chi connectivity index (χ0n) is 14.1. The van der Waals surface area contributed by atoms with E-state index in [-0.39, 0.29) is 6.03 Å². The van der Waals surface area contributed by atoms with Gasteiger partial charge in [0.05, 0.1) is 11.9 Å². The van der Waals surface area contributed by atoms with Gasteiger partial charge in [-0.05, 0) is 48.4 Å². The average molecular weight is 367 g/mol. The van der Waals surface area contributed by atoms with Crippen LogP contribution in [0.1, 0.15) is 5.56 Å². The number of hydrogen-bond donors (Lipinski definition) is 3. The lowest BCUT2D eigenvalue weighted by Crippen LogP contribution is -2.19. The molecule has 0 aliphatic carbocycles. The van der Waals surface area contributed by atoms with E-state index in [9.17, 15) is 4.79 Å². The second-order valence-corrected chi connectivity index (χ2v) is 6.12. The van der Waals surface area contributed by atoms with E-state index in [2.05, 4.69) is 20.9 Å². The Hall–Kier alpha value is -3.05. The normalized spacial score (nSPS) is 10.2. The summed E-state index contributed by atoms with van der Waals surface area (Å²) in [7, 11) is 0. The Bertz CT molecular complexity index is 853. The Morgan fingerprint density at radius 3 is 2.46 bits per heavy atom. The molecule has 1 heterocycles. The molecule has 6 heteroatoms. The van der Waals surface area contributed by atoms with Gasteiger partial charge in [-0.2, -0.15) is 0 Å². The van der Waals surface area contributed by atoms with E-state index >= 15 is 0 Å². The zero-order chi connectivity index (χ0) is 18.2. The number of rotatable bonds is 6. The maximum Gasteiger partial charge on any atom is 0.323 e. The first-order chi connectivity index (χ1) is 12.7. The van der Waals surface area contributed by atoms with E-state index in [0.717, 1.165) is 29.5 Å². The maximum absolute atomic E-state index is 11.9. The first-order valence-electron chi connectivity index (χ1n) is 8.26. The van der Waals surface area contributed by atoms with Crippen LogP contribution < -0.4 is 16.0 Å². The van der Waals surface area contributed by atoms with Crippen molar-refractivity contribution >= 4 is 34.8 Å². The predicted octanol–water partition coefficient (Wildman–Crippen LogP) is 5.03. The lowest BCUT2D eigenvalue weighted by molar-refractivity contribution is 0.262. The molecule has 26 heavy (non-hydrogen) atoms. The molecular weight excluding hydrogens is 348 g/mol. The number of nitrogens with zero attached hydrogens (tertiary/aromatic N) is 1. The summed E-state index contributed by atoms with van der Waals surface area (Å²) < 4.78 is 0. The first-order valence-corrected chi connectivity index (χ1v) is 8.64. The number of halogens is 1. The van der Waals surface area contributed by atoms with Crippen molar-refractivity contribution in [2.45, 2.75) is 6.42 Å². The van der Waals surface area contributed by atoms with Crippen LogP contribution in [0.5, 0.6) is 0 Å². The number of benzene rings is 2. The van der Waals surface area contributed by atoms with Gasteiger partial charge in [0.2, 0.25) is 0 Å². The van der Waals surface area contributed by atoms with Crippen LogP contribution in [0.25, 0.3) is 0 Å². The van der Waals surface area contributed by atoms with Crippen molar-refractivity contribution in [3.8, 4) is 0 Å². The SMILES string of the molecule is O=C(Nc1ccccc1)Nc1ccc(NCCc2cccc(Cl)c2)nc1. The molecule has 3 rings (SSSR count). The van der Waals surface area contributed by atoms with Crippen molar-refractivity contribution in [1.82, 2.24) is 4.98 Å². The van der Waals surface area contributed by atoms with Gasteiger partial charge >= 0.3 is 6.03 Å². The van der Waals surface area contributed by atoms with Crippen LogP contribution in [-0.2, 0) is 6.42 Å². The molecule has 2 amide bonds. The van der Waals surface area contributed by atoms with E-state index in [0.29, 0.717) is 5.69 Å². The minimum absolute atomic E-state index is 0.306. The molecule has 0 unspecified atom stereocenters. The third kappa shape index (κ3) is 5.50. The van der Waals surface area contributed by atoms with Crippen molar-refractivity contribution in [2.75, 3.05) is 22.5 Å². The second kappa shape index (κ2) is 8.87. The van der Waals surface area contributed by atoms with Crippen LogP contribution in [0, 0.1) is 0 Å². The minimum atomic E-state index is -0.306. The lowest BCUT2D eigenvalue weighted by atomic mass is 10.1. The number of nitrogens with one attached hydrogen (secondary N) is 3. The van der Waals surface area contributed by atoms with Gasteiger partial charge in [0.15, 0.2) is 0 Å². The molecule has 0 atom stereocenters. The molecule has 0 saturated heterocycles. The van der Waals surface area contributed by atoms with E-state index < -0.39 is 0 Å². The molecular formula is C20H19ClN4O. The maximum atomic E-state index is 11.9. The van der Waals surface area contributed by atoms with E-state index in [1.165, 1.54) is 5.56 Å². The molecule has 0 spiro atoms. The average Bonchev–Trinajstić information content (AvgIpc) is 2.64. The summed E-state index contributed by atoms with van der Waals surface area (Å²) >= 11 is 5.98. The highest BCUT2D eigenvalue weighted by Gasteiger charge is 2.03. The Morgan fingerprint density at radius 1 is 0.923 bits per heavy atom. The van der Waals surface area contributed by atoms with Gasteiger partial charge in [0, 0.05) is 17.3 Å². The fourth-order valence-electron chi connectivity index (χ4n) is 2.41. The smallest absolute Gasteiger partial charge is 0.323 e. The molecule has 1 aromatic heterocycles. The third-order valence-corrected chi connectivity index (χ3v) is 3.90. The molecule has 0 aliphatic rings. The van der Waals surface area contributed by atoms with Gasteiger partial charge in [-0.25, -0.2) is 9.78 Å². The fourth-order valence-corrected chi connectivity index (χ4v) is 2.63. The number of pyridine rings is 1. The summed E-state index contributed by atoms with van der Waals surface area (Å²) in [6, 6.07) is 20.4. The number of para-hydroxylation sites is 1. The summed E-state index contributed by atoms with van der Waals surface area (Å²) in [5.74, 6) is 0.751. The van der Waals surface area contributed by atoms with Crippen LogP contribution in [0.15, 0.2) is 72.9 Å². The van der Waals surface area contributed by atoms with Crippen LogP contribution >= 0.6 is 11.6 Å². The van der Waals surface area contributed by atoms with Crippen LogP contribution in [-0.4, -0.2) is 17.6 Å². The van der Waals surface area contributed by atoms with Crippen molar-refractivity contribution < 1.29 is 4.79 Å². The molecule has 0 bridgehead atoms. The highest BCUT2D eigenvalue weighted by atomic mass is 35.5. The highest BCUT2D eigenvalue weighted by molar-refractivity contribution is 6.30. The summed E-state index contributed by atoms with van der Waals surface area (Å²) in [4.78, 5) is 16.3. The zero-order valence-corrected chi connectivity index (χ0v) is 14.8. The minimum Gasteiger partial charge on any atom is -0.370 e. The van der Waals surface area contributed by atoms with Gasteiger partial charge in [0.1, 0.15) is 5.82 Å². The van der Waals surface area contributed by atoms with Crippen molar-refractivity contribution in [3.05, 3.63) is 83.5 Å². The Labute approximate surface area is 157 Å². The second-order valence-electron chi connectivity index (χ2n) is 5.68. The van der Waals surface area contributed by atoms with Gasteiger partial charge in [-0.1, -0.05) is 41.9 Å². The van der Waals surface area contributed by atoms with Gasteiger partial charge in [-0.15, -0.1) is 0 Å². The van der Waals surface area contributed by atoms with Crippen molar-refractivity contribution in [3.63, 3.8) is 0 Å². The molecule has 2 aromatic carbocycles. The van der Waals surface area contributed by atoms with Crippen LogP contribution in [0.3, 0.4) is 0 Å². The Morgan fingerprint density at radius 2 is 1.73 bits per heavy atom. The topological polar surface area (TPSA) is 66.1 Å².